The molecule has 1 aliphatic heterocycles. The van der Waals surface area contributed by atoms with E-state index < -0.39 is 11.4 Å². The number of piperidine rings is 1. The van der Waals surface area contributed by atoms with E-state index in [0.717, 1.165) is 12.8 Å². The van der Waals surface area contributed by atoms with E-state index in [2.05, 4.69) is 0 Å². The normalized spacial score (nSPS) is 23.3. The number of amides is 1. The first-order valence-electron chi connectivity index (χ1n) is 6.65. The van der Waals surface area contributed by atoms with Crippen molar-refractivity contribution in [1.82, 2.24) is 4.90 Å². The van der Waals surface area contributed by atoms with Crippen LogP contribution >= 0.6 is 0 Å². The zero-order valence-corrected chi connectivity index (χ0v) is 11.1. The lowest BCUT2D eigenvalue weighted by atomic mass is 9.76. The molecule has 0 aromatic carbocycles. The standard InChI is InChI=1S/C14H19NO4/c1-2-6-14(13(17)18)7-4-8-15(10-14)12(16)11-5-3-9-19-11/h3,5,9H,2,4,6-8,10H2,1H3,(H,17,18). The van der Waals surface area contributed by atoms with E-state index in [0.29, 0.717) is 19.4 Å². The minimum atomic E-state index is -0.800. The molecule has 5 nitrogen and oxygen atoms in total. The average molecular weight is 265 g/mol. The van der Waals surface area contributed by atoms with E-state index in [4.69, 9.17) is 4.42 Å². The third-order valence-electron chi connectivity index (χ3n) is 3.78. The highest BCUT2D eigenvalue weighted by atomic mass is 16.4. The van der Waals surface area contributed by atoms with Crippen molar-refractivity contribution in [3.05, 3.63) is 24.2 Å². The summed E-state index contributed by atoms with van der Waals surface area (Å²) < 4.78 is 5.10. The zero-order chi connectivity index (χ0) is 13.9. The summed E-state index contributed by atoms with van der Waals surface area (Å²) in [4.78, 5) is 25.4. The second-order valence-corrected chi connectivity index (χ2v) is 5.14. The molecule has 1 aromatic rings. The molecule has 104 valence electrons. The predicted octanol–water partition coefficient (Wildman–Crippen LogP) is 2.39. The number of hydrogen-bond donors (Lipinski definition) is 1. The topological polar surface area (TPSA) is 70.8 Å². The number of hydrogen-bond acceptors (Lipinski definition) is 3. The number of carboxylic acid groups (broad SMARTS) is 1. The Kier molecular flexibility index (Phi) is 3.93. The number of aliphatic carboxylic acids is 1. The lowest BCUT2D eigenvalue weighted by Crippen LogP contribution is -2.49. The smallest absolute Gasteiger partial charge is 0.311 e. The molecule has 1 N–H and O–H groups in total. The van der Waals surface area contributed by atoms with Crippen LogP contribution in [0.4, 0.5) is 0 Å². The van der Waals surface area contributed by atoms with Gasteiger partial charge in [0, 0.05) is 13.1 Å². The van der Waals surface area contributed by atoms with Crippen LogP contribution in [0.2, 0.25) is 0 Å². The highest BCUT2D eigenvalue weighted by molar-refractivity contribution is 5.92. The molecule has 2 rings (SSSR count). The zero-order valence-electron chi connectivity index (χ0n) is 11.1. The fourth-order valence-electron chi connectivity index (χ4n) is 2.83. The van der Waals surface area contributed by atoms with Crippen LogP contribution in [0.1, 0.15) is 43.2 Å². The van der Waals surface area contributed by atoms with Gasteiger partial charge in [-0.05, 0) is 31.4 Å². The molecular weight excluding hydrogens is 246 g/mol. The Hall–Kier alpha value is -1.78. The number of rotatable bonds is 4. The fourth-order valence-corrected chi connectivity index (χ4v) is 2.83. The van der Waals surface area contributed by atoms with Crippen molar-refractivity contribution in [2.45, 2.75) is 32.6 Å². The van der Waals surface area contributed by atoms with Crippen molar-refractivity contribution in [3.8, 4) is 0 Å². The number of furan rings is 1. The fraction of sp³-hybridized carbons (Fsp3) is 0.571. The lowest BCUT2D eigenvalue weighted by Gasteiger charge is -2.39. The molecule has 1 fully saturated rings. The SMILES string of the molecule is CCCC1(C(=O)O)CCCN(C(=O)c2ccco2)C1. The molecule has 0 saturated carbocycles. The quantitative estimate of drug-likeness (QED) is 0.907. The Morgan fingerprint density at radius 3 is 2.89 bits per heavy atom. The molecule has 5 heteroatoms. The van der Waals surface area contributed by atoms with Crippen LogP contribution in [0.25, 0.3) is 0 Å². The molecule has 1 amide bonds. The van der Waals surface area contributed by atoms with Crippen molar-refractivity contribution in [2.24, 2.45) is 5.41 Å². The predicted molar refractivity (Wildman–Crippen MR) is 68.8 cm³/mol. The summed E-state index contributed by atoms with van der Waals surface area (Å²) in [5.41, 5.74) is -0.796. The van der Waals surface area contributed by atoms with Crippen LogP contribution in [0, 0.1) is 5.41 Å². The second-order valence-electron chi connectivity index (χ2n) is 5.14. The number of nitrogens with zero attached hydrogens (tertiary/aromatic N) is 1. The molecule has 0 spiro atoms. The van der Waals surface area contributed by atoms with E-state index in [1.807, 2.05) is 6.92 Å². The molecule has 1 unspecified atom stereocenters. The van der Waals surface area contributed by atoms with Gasteiger partial charge in [-0.15, -0.1) is 0 Å². The molecule has 19 heavy (non-hydrogen) atoms. The van der Waals surface area contributed by atoms with Crippen LogP contribution in [0.5, 0.6) is 0 Å². The third kappa shape index (κ3) is 2.64. The summed E-state index contributed by atoms with van der Waals surface area (Å²) in [6.45, 7) is 2.84. The summed E-state index contributed by atoms with van der Waals surface area (Å²) in [7, 11) is 0. The van der Waals surface area contributed by atoms with E-state index in [9.17, 15) is 14.7 Å². The minimum absolute atomic E-state index is 0.216. The molecule has 1 atom stereocenters. The van der Waals surface area contributed by atoms with Crippen LogP contribution in [0.3, 0.4) is 0 Å². The van der Waals surface area contributed by atoms with Gasteiger partial charge in [-0.2, -0.15) is 0 Å². The number of carboxylic acids is 1. The molecule has 0 radical (unpaired) electrons. The molecule has 1 saturated heterocycles. The van der Waals surface area contributed by atoms with Crippen molar-refractivity contribution in [2.75, 3.05) is 13.1 Å². The van der Waals surface area contributed by atoms with Gasteiger partial charge in [-0.25, -0.2) is 0 Å². The minimum Gasteiger partial charge on any atom is -0.481 e. The summed E-state index contributed by atoms with van der Waals surface area (Å²) in [5.74, 6) is -0.740. The van der Waals surface area contributed by atoms with Gasteiger partial charge in [0.15, 0.2) is 5.76 Å². The van der Waals surface area contributed by atoms with Gasteiger partial charge in [-0.3, -0.25) is 9.59 Å². The average Bonchev–Trinajstić information content (AvgIpc) is 2.92. The Balaban J connectivity index is 2.16. The first-order valence-corrected chi connectivity index (χ1v) is 6.65. The largest absolute Gasteiger partial charge is 0.481 e. The van der Waals surface area contributed by atoms with Crippen LogP contribution < -0.4 is 0 Å². The van der Waals surface area contributed by atoms with Gasteiger partial charge in [0.05, 0.1) is 11.7 Å². The number of likely N-dealkylation sites (tertiary alicyclic amines) is 1. The van der Waals surface area contributed by atoms with Crippen LogP contribution in [0.15, 0.2) is 22.8 Å². The lowest BCUT2D eigenvalue weighted by molar-refractivity contribution is -0.152. The monoisotopic (exact) mass is 265 g/mol. The van der Waals surface area contributed by atoms with Gasteiger partial charge >= 0.3 is 5.97 Å². The molecule has 2 heterocycles. The van der Waals surface area contributed by atoms with E-state index in [1.165, 1.54) is 6.26 Å². The Morgan fingerprint density at radius 1 is 1.53 bits per heavy atom. The second kappa shape index (κ2) is 5.47. The van der Waals surface area contributed by atoms with E-state index >= 15 is 0 Å². The summed E-state index contributed by atoms with van der Waals surface area (Å²) in [6, 6.07) is 3.27. The summed E-state index contributed by atoms with van der Waals surface area (Å²) in [5, 5.41) is 9.49. The first-order chi connectivity index (χ1) is 9.09. The van der Waals surface area contributed by atoms with Gasteiger partial charge in [-0.1, -0.05) is 13.3 Å². The molecule has 1 aromatic heterocycles. The van der Waals surface area contributed by atoms with Crippen LogP contribution in [-0.2, 0) is 4.79 Å². The van der Waals surface area contributed by atoms with Crippen LogP contribution in [-0.4, -0.2) is 35.0 Å². The molecule has 0 bridgehead atoms. The van der Waals surface area contributed by atoms with Gasteiger partial charge < -0.3 is 14.4 Å². The van der Waals surface area contributed by atoms with Crippen molar-refractivity contribution in [3.63, 3.8) is 0 Å². The van der Waals surface area contributed by atoms with E-state index in [1.54, 1.807) is 17.0 Å². The van der Waals surface area contributed by atoms with Gasteiger partial charge in [0.2, 0.25) is 0 Å². The maximum absolute atomic E-state index is 12.2. The van der Waals surface area contributed by atoms with E-state index in [-0.39, 0.29) is 18.2 Å². The van der Waals surface area contributed by atoms with Gasteiger partial charge in [0.1, 0.15) is 0 Å². The van der Waals surface area contributed by atoms with Gasteiger partial charge in [0.25, 0.3) is 5.91 Å². The highest BCUT2D eigenvalue weighted by Crippen LogP contribution is 2.35. The Morgan fingerprint density at radius 2 is 2.32 bits per heavy atom. The highest BCUT2D eigenvalue weighted by Gasteiger charge is 2.43. The molecular formula is C14H19NO4. The summed E-state index contributed by atoms with van der Waals surface area (Å²) >= 11 is 0. The molecule has 1 aliphatic rings. The molecule has 0 aliphatic carbocycles. The Labute approximate surface area is 112 Å². The number of carbonyl (C=O) groups excluding carboxylic acids is 1. The third-order valence-corrected chi connectivity index (χ3v) is 3.78. The summed E-state index contributed by atoms with van der Waals surface area (Å²) in [6.07, 6.45) is 4.21. The van der Waals surface area contributed by atoms with Crippen molar-refractivity contribution in [1.29, 1.82) is 0 Å². The van der Waals surface area contributed by atoms with Crippen molar-refractivity contribution < 1.29 is 19.1 Å². The Bertz CT molecular complexity index is 450. The number of carbonyl (C=O) groups is 2. The maximum atomic E-state index is 12.2. The van der Waals surface area contributed by atoms with Crippen molar-refractivity contribution >= 4 is 11.9 Å². The maximum Gasteiger partial charge on any atom is 0.311 e. The first kappa shape index (κ1) is 13.6.